The Kier molecular flexibility index (Phi) is 8.90. The van der Waals surface area contributed by atoms with Gasteiger partial charge in [0.2, 0.25) is 15.9 Å². The number of nitrogens with zero attached hydrogens (tertiary/aromatic N) is 1. The van der Waals surface area contributed by atoms with Gasteiger partial charge in [-0.3, -0.25) is 4.79 Å². The fourth-order valence-electron chi connectivity index (χ4n) is 2.76. The number of methoxy groups -OCH3 is 2. The summed E-state index contributed by atoms with van der Waals surface area (Å²) >= 11 is 5.59. The molecule has 0 heterocycles. The van der Waals surface area contributed by atoms with Crippen LogP contribution in [0.15, 0.2) is 47.4 Å². The standard InChI is InChI=1S/C20H22ClF3N2O5S/c1-30-10-4-9-26(13-19(27)25-14-5-3-6-15(11-14)31-2)32(28,29)16-7-8-18(21)17(12-16)20(22,23)24/h3,5-8,11-12H,4,9-10,13H2,1-2H3,(H,25,27). The molecule has 0 fully saturated rings. The van der Waals surface area contributed by atoms with Crippen LogP contribution in [0.25, 0.3) is 0 Å². The Hall–Kier alpha value is -2.34. The predicted octanol–water partition coefficient (Wildman–Crippen LogP) is 4.03. The number of benzene rings is 2. The molecule has 0 bridgehead atoms. The van der Waals surface area contributed by atoms with Crippen molar-refractivity contribution in [3.8, 4) is 5.75 Å². The van der Waals surface area contributed by atoms with Crippen molar-refractivity contribution in [2.45, 2.75) is 17.5 Å². The number of anilines is 1. The van der Waals surface area contributed by atoms with Gasteiger partial charge < -0.3 is 14.8 Å². The van der Waals surface area contributed by atoms with Gasteiger partial charge in [0.1, 0.15) is 5.75 Å². The Morgan fingerprint density at radius 3 is 2.50 bits per heavy atom. The van der Waals surface area contributed by atoms with E-state index in [9.17, 15) is 26.4 Å². The molecule has 7 nitrogen and oxygen atoms in total. The average Bonchev–Trinajstić information content (AvgIpc) is 2.72. The quantitative estimate of drug-likeness (QED) is 0.504. The van der Waals surface area contributed by atoms with E-state index < -0.39 is 44.1 Å². The predicted molar refractivity (Wildman–Crippen MR) is 113 cm³/mol. The van der Waals surface area contributed by atoms with E-state index in [-0.39, 0.29) is 19.6 Å². The fourth-order valence-corrected chi connectivity index (χ4v) is 4.45. The summed E-state index contributed by atoms with van der Waals surface area (Å²) < 4.78 is 76.5. The molecule has 2 aromatic rings. The third kappa shape index (κ3) is 6.83. The molecule has 2 aromatic carbocycles. The van der Waals surface area contributed by atoms with Gasteiger partial charge in [0.25, 0.3) is 0 Å². The minimum absolute atomic E-state index is 0.147. The van der Waals surface area contributed by atoms with Gasteiger partial charge in [0.05, 0.1) is 29.1 Å². The maximum absolute atomic E-state index is 13.2. The number of ether oxygens (including phenoxy) is 2. The summed E-state index contributed by atoms with van der Waals surface area (Å²) in [7, 11) is -1.58. The van der Waals surface area contributed by atoms with Crippen molar-refractivity contribution in [1.29, 1.82) is 0 Å². The number of nitrogens with one attached hydrogen (secondary N) is 1. The van der Waals surface area contributed by atoms with Crippen LogP contribution in [0.3, 0.4) is 0 Å². The van der Waals surface area contributed by atoms with Crippen LogP contribution >= 0.6 is 11.6 Å². The number of hydrogen-bond acceptors (Lipinski definition) is 5. The van der Waals surface area contributed by atoms with Crippen LogP contribution in [-0.2, 0) is 25.7 Å². The molecule has 0 aromatic heterocycles. The number of halogens is 4. The minimum Gasteiger partial charge on any atom is -0.497 e. The summed E-state index contributed by atoms with van der Waals surface area (Å²) in [4.78, 5) is 11.9. The van der Waals surface area contributed by atoms with Crippen LogP contribution in [-0.4, -0.2) is 52.5 Å². The number of rotatable bonds is 10. The molecule has 1 amide bonds. The fraction of sp³-hybridized carbons (Fsp3) is 0.350. The number of hydrogen-bond donors (Lipinski definition) is 1. The lowest BCUT2D eigenvalue weighted by Gasteiger charge is -2.22. The number of carbonyl (C=O) groups excluding carboxylic acids is 1. The molecule has 0 unspecified atom stereocenters. The lowest BCUT2D eigenvalue weighted by molar-refractivity contribution is -0.137. The van der Waals surface area contributed by atoms with Crippen molar-refractivity contribution in [3.63, 3.8) is 0 Å². The molecule has 0 spiro atoms. The largest absolute Gasteiger partial charge is 0.497 e. The van der Waals surface area contributed by atoms with Crippen LogP contribution in [0.5, 0.6) is 5.75 Å². The third-order valence-electron chi connectivity index (χ3n) is 4.31. The molecular weight excluding hydrogens is 473 g/mol. The zero-order valence-electron chi connectivity index (χ0n) is 17.3. The molecule has 0 radical (unpaired) electrons. The normalized spacial score (nSPS) is 12.1. The number of carbonyl (C=O) groups is 1. The van der Waals surface area contributed by atoms with Gasteiger partial charge in [-0.25, -0.2) is 8.42 Å². The molecule has 32 heavy (non-hydrogen) atoms. The van der Waals surface area contributed by atoms with E-state index in [0.29, 0.717) is 17.5 Å². The topological polar surface area (TPSA) is 84.9 Å². The summed E-state index contributed by atoms with van der Waals surface area (Å²) in [5, 5.41) is 1.92. The molecule has 0 saturated heterocycles. The molecule has 176 valence electrons. The second-order valence-electron chi connectivity index (χ2n) is 6.60. The average molecular weight is 495 g/mol. The molecular formula is C20H22ClF3N2O5S. The first kappa shape index (κ1) is 25.9. The number of sulfonamides is 1. The van der Waals surface area contributed by atoms with Crippen molar-refractivity contribution in [2.24, 2.45) is 0 Å². The second kappa shape index (κ2) is 11.0. The summed E-state index contributed by atoms with van der Waals surface area (Å²) in [6, 6.07) is 8.71. The summed E-state index contributed by atoms with van der Waals surface area (Å²) in [6.07, 6.45) is -4.62. The Balaban J connectivity index is 2.31. The zero-order chi connectivity index (χ0) is 23.9. The summed E-state index contributed by atoms with van der Waals surface area (Å²) in [6.45, 7) is -0.573. The lowest BCUT2D eigenvalue weighted by Crippen LogP contribution is -2.39. The highest BCUT2D eigenvalue weighted by Gasteiger charge is 2.35. The van der Waals surface area contributed by atoms with E-state index in [2.05, 4.69) is 5.32 Å². The molecule has 0 aliphatic carbocycles. The lowest BCUT2D eigenvalue weighted by atomic mass is 10.2. The highest BCUT2D eigenvalue weighted by atomic mass is 35.5. The highest BCUT2D eigenvalue weighted by molar-refractivity contribution is 7.89. The smallest absolute Gasteiger partial charge is 0.417 e. The molecule has 0 aliphatic rings. The van der Waals surface area contributed by atoms with Crippen molar-refractivity contribution in [3.05, 3.63) is 53.1 Å². The van der Waals surface area contributed by atoms with E-state index in [1.165, 1.54) is 20.3 Å². The van der Waals surface area contributed by atoms with Crippen LogP contribution in [0.4, 0.5) is 18.9 Å². The highest BCUT2D eigenvalue weighted by Crippen LogP contribution is 2.36. The molecule has 2 rings (SSSR count). The number of alkyl halides is 3. The van der Waals surface area contributed by atoms with Gasteiger partial charge in [-0.2, -0.15) is 17.5 Å². The molecule has 0 aliphatic heterocycles. The van der Waals surface area contributed by atoms with Crippen LogP contribution in [0.2, 0.25) is 5.02 Å². The van der Waals surface area contributed by atoms with Crippen LogP contribution < -0.4 is 10.1 Å². The van der Waals surface area contributed by atoms with E-state index in [1.54, 1.807) is 18.2 Å². The Morgan fingerprint density at radius 1 is 1.16 bits per heavy atom. The number of amides is 1. The van der Waals surface area contributed by atoms with E-state index in [1.807, 2.05) is 0 Å². The van der Waals surface area contributed by atoms with Gasteiger partial charge >= 0.3 is 6.18 Å². The summed E-state index contributed by atoms with van der Waals surface area (Å²) in [5.74, 6) is -0.197. The van der Waals surface area contributed by atoms with Crippen molar-refractivity contribution < 1.29 is 35.9 Å². The van der Waals surface area contributed by atoms with E-state index in [4.69, 9.17) is 21.1 Å². The van der Waals surface area contributed by atoms with E-state index in [0.717, 1.165) is 16.4 Å². The Morgan fingerprint density at radius 2 is 1.88 bits per heavy atom. The second-order valence-corrected chi connectivity index (χ2v) is 8.95. The molecule has 1 N–H and O–H groups in total. The summed E-state index contributed by atoms with van der Waals surface area (Å²) in [5.41, 5.74) is -0.910. The van der Waals surface area contributed by atoms with Crippen molar-refractivity contribution in [1.82, 2.24) is 4.31 Å². The maximum atomic E-state index is 13.2. The van der Waals surface area contributed by atoms with Crippen molar-refractivity contribution >= 4 is 33.2 Å². The monoisotopic (exact) mass is 494 g/mol. The Labute approximate surface area is 189 Å². The van der Waals surface area contributed by atoms with Gasteiger partial charge in [0, 0.05) is 32.0 Å². The first-order chi connectivity index (χ1) is 15.0. The van der Waals surface area contributed by atoms with Crippen LogP contribution in [0, 0.1) is 0 Å². The van der Waals surface area contributed by atoms with Gasteiger partial charge in [-0.15, -0.1) is 0 Å². The maximum Gasteiger partial charge on any atom is 0.417 e. The van der Waals surface area contributed by atoms with Gasteiger partial charge in [0.15, 0.2) is 0 Å². The Bertz CT molecular complexity index is 1050. The van der Waals surface area contributed by atoms with Crippen LogP contribution in [0.1, 0.15) is 12.0 Å². The van der Waals surface area contributed by atoms with E-state index >= 15 is 0 Å². The third-order valence-corrected chi connectivity index (χ3v) is 6.48. The first-order valence-electron chi connectivity index (χ1n) is 9.28. The molecule has 0 atom stereocenters. The van der Waals surface area contributed by atoms with Crippen molar-refractivity contribution in [2.75, 3.05) is 39.2 Å². The SMILES string of the molecule is COCCCN(CC(=O)Nc1cccc(OC)c1)S(=O)(=O)c1ccc(Cl)c(C(F)(F)F)c1. The van der Waals surface area contributed by atoms with Gasteiger partial charge in [-0.05, 0) is 36.8 Å². The van der Waals surface area contributed by atoms with Gasteiger partial charge in [-0.1, -0.05) is 17.7 Å². The first-order valence-corrected chi connectivity index (χ1v) is 11.1. The minimum atomic E-state index is -4.84. The zero-order valence-corrected chi connectivity index (χ0v) is 18.9. The molecule has 0 saturated carbocycles. The molecule has 12 heteroatoms.